The molecule has 3 rings (SSSR count). The van der Waals surface area contributed by atoms with Gasteiger partial charge in [-0.15, -0.1) is 0 Å². The molecule has 13 heteroatoms. The molecule has 1 heterocycles. The average Bonchev–Trinajstić information content (AvgIpc) is 2.89. The van der Waals surface area contributed by atoms with E-state index in [-0.39, 0.29) is 47.5 Å². The fourth-order valence-electron chi connectivity index (χ4n) is 4.24. The van der Waals surface area contributed by atoms with E-state index in [4.69, 9.17) is 4.74 Å². The van der Waals surface area contributed by atoms with Gasteiger partial charge in [-0.25, -0.2) is 8.42 Å². The first-order valence-electron chi connectivity index (χ1n) is 12.7. The topological polar surface area (TPSA) is 116 Å². The number of anilines is 1. The van der Waals surface area contributed by atoms with Crippen LogP contribution in [-0.4, -0.2) is 79.6 Å². The Balaban J connectivity index is 1.91. The van der Waals surface area contributed by atoms with Crippen LogP contribution in [0, 0.1) is 12.8 Å². The Morgan fingerprint density at radius 1 is 1.23 bits per heavy atom. The lowest BCUT2D eigenvalue weighted by Crippen LogP contribution is -2.50. The van der Waals surface area contributed by atoms with Gasteiger partial charge in [0.2, 0.25) is 15.9 Å². The highest BCUT2D eigenvalue weighted by molar-refractivity contribution is 7.89. The smallest absolute Gasteiger partial charge is 0.389 e. The Labute approximate surface area is 232 Å². The van der Waals surface area contributed by atoms with Crippen LogP contribution in [-0.2, 0) is 14.8 Å². The number of nitrogens with one attached hydrogen (secondary N) is 1. The molecule has 0 fully saturated rings. The van der Waals surface area contributed by atoms with Crippen molar-refractivity contribution < 1.29 is 41.0 Å². The van der Waals surface area contributed by atoms with E-state index in [2.05, 4.69) is 5.32 Å². The molecule has 2 N–H and O–H groups in total. The van der Waals surface area contributed by atoms with Crippen LogP contribution in [0.3, 0.4) is 0 Å². The lowest BCUT2D eigenvalue weighted by molar-refractivity contribution is -0.142. The van der Waals surface area contributed by atoms with Crippen LogP contribution < -0.4 is 10.1 Å². The van der Waals surface area contributed by atoms with E-state index in [1.807, 2.05) is 13.8 Å². The Morgan fingerprint density at radius 3 is 2.48 bits per heavy atom. The number of rotatable bonds is 9. The maximum Gasteiger partial charge on any atom is 0.389 e. The van der Waals surface area contributed by atoms with Crippen molar-refractivity contribution >= 4 is 27.5 Å². The summed E-state index contributed by atoms with van der Waals surface area (Å²) in [5.41, 5.74) is 1.03. The van der Waals surface area contributed by atoms with E-state index < -0.39 is 53.0 Å². The van der Waals surface area contributed by atoms with Crippen LogP contribution in [0.1, 0.15) is 42.6 Å². The number of sulfonamides is 1. The van der Waals surface area contributed by atoms with Crippen LogP contribution in [0.15, 0.2) is 47.4 Å². The van der Waals surface area contributed by atoms with Gasteiger partial charge in [-0.05, 0) is 44.2 Å². The summed E-state index contributed by atoms with van der Waals surface area (Å²) in [5, 5.41) is 12.2. The Kier molecular flexibility index (Phi) is 9.85. The van der Waals surface area contributed by atoms with E-state index in [0.717, 1.165) is 5.56 Å². The molecule has 0 saturated heterocycles. The van der Waals surface area contributed by atoms with E-state index in [9.17, 15) is 36.3 Å². The third kappa shape index (κ3) is 7.73. The Bertz CT molecular complexity index is 1320. The molecular weight excluding hydrogens is 551 g/mol. The number of likely N-dealkylation sites (N-methyl/N-ethyl adjacent to an activating group) is 1. The average molecular weight is 586 g/mol. The third-order valence-corrected chi connectivity index (χ3v) is 8.59. The molecule has 0 radical (unpaired) electrons. The van der Waals surface area contributed by atoms with Gasteiger partial charge in [-0.3, -0.25) is 9.59 Å². The van der Waals surface area contributed by atoms with Crippen LogP contribution in [0.5, 0.6) is 5.75 Å². The maximum absolute atomic E-state index is 13.5. The summed E-state index contributed by atoms with van der Waals surface area (Å²) in [7, 11) is -2.42. The Morgan fingerprint density at radius 2 is 1.88 bits per heavy atom. The highest BCUT2D eigenvalue weighted by atomic mass is 32.2. The molecule has 0 aromatic heterocycles. The monoisotopic (exact) mass is 585 g/mol. The minimum absolute atomic E-state index is 0.0230. The zero-order valence-corrected chi connectivity index (χ0v) is 23.6. The van der Waals surface area contributed by atoms with Gasteiger partial charge >= 0.3 is 6.18 Å². The van der Waals surface area contributed by atoms with E-state index in [1.165, 1.54) is 46.6 Å². The number of carbonyl (C=O) groups excluding carboxylic acids is 2. The molecule has 2 amide bonds. The largest absolute Gasteiger partial charge is 0.488 e. The number of hydrogen-bond donors (Lipinski definition) is 2. The van der Waals surface area contributed by atoms with E-state index in [1.54, 1.807) is 19.1 Å². The second-order valence-corrected chi connectivity index (χ2v) is 12.1. The first kappa shape index (κ1) is 31.4. The summed E-state index contributed by atoms with van der Waals surface area (Å²) in [6.45, 7) is 5.05. The third-order valence-electron chi connectivity index (χ3n) is 6.75. The second kappa shape index (κ2) is 12.6. The number of hydrogen-bond acceptors (Lipinski definition) is 6. The van der Waals surface area contributed by atoms with Crippen molar-refractivity contribution in [1.29, 1.82) is 0 Å². The lowest BCUT2D eigenvalue weighted by atomic mass is 9.99. The van der Waals surface area contributed by atoms with Gasteiger partial charge in [0.25, 0.3) is 5.91 Å². The van der Waals surface area contributed by atoms with Crippen LogP contribution in [0.25, 0.3) is 0 Å². The zero-order chi connectivity index (χ0) is 29.8. The number of ether oxygens (including phenoxy) is 1. The predicted molar refractivity (Wildman–Crippen MR) is 143 cm³/mol. The summed E-state index contributed by atoms with van der Waals surface area (Å²) in [4.78, 5) is 27.1. The number of amides is 2. The number of fused-ring (bicyclic) bond motifs is 1. The molecule has 2 aromatic rings. The van der Waals surface area contributed by atoms with Gasteiger partial charge < -0.3 is 20.1 Å². The molecule has 9 nitrogen and oxygen atoms in total. The van der Waals surface area contributed by atoms with Crippen LogP contribution >= 0.6 is 0 Å². The summed E-state index contributed by atoms with van der Waals surface area (Å²) in [5.74, 6) is -1.62. The van der Waals surface area contributed by atoms with Crippen molar-refractivity contribution in [3.8, 4) is 5.75 Å². The molecule has 40 heavy (non-hydrogen) atoms. The summed E-state index contributed by atoms with van der Waals surface area (Å²) >= 11 is 0. The number of aliphatic hydroxyl groups is 1. The number of aryl methyl sites for hydroxylation is 1. The molecule has 1 aliphatic heterocycles. The first-order chi connectivity index (χ1) is 18.6. The molecule has 0 bridgehead atoms. The lowest BCUT2D eigenvalue weighted by Gasteiger charge is -2.38. The highest BCUT2D eigenvalue weighted by Crippen LogP contribution is 2.31. The van der Waals surface area contributed by atoms with Gasteiger partial charge in [0.05, 0.1) is 36.1 Å². The van der Waals surface area contributed by atoms with Gasteiger partial charge in [0.1, 0.15) is 11.9 Å². The van der Waals surface area contributed by atoms with Crippen molar-refractivity contribution in [2.24, 2.45) is 5.92 Å². The van der Waals surface area contributed by atoms with Crippen molar-refractivity contribution in [2.75, 3.05) is 32.1 Å². The predicted octanol–water partition coefficient (Wildman–Crippen LogP) is 3.82. The van der Waals surface area contributed by atoms with E-state index in [0.29, 0.717) is 0 Å². The molecule has 220 valence electrons. The summed E-state index contributed by atoms with van der Waals surface area (Å²) in [6.07, 6.45) is -7.26. The number of alkyl halides is 3. The minimum Gasteiger partial charge on any atom is -0.488 e. The number of carbonyl (C=O) groups is 2. The number of halogens is 3. The van der Waals surface area contributed by atoms with Gasteiger partial charge in [-0.1, -0.05) is 24.6 Å². The normalized spacial score (nSPS) is 18.9. The maximum atomic E-state index is 13.5. The van der Waals surface area contributed by atoms with Crippen molar-refractivity contribution in [3.05, 3.63) is 53.6 Å². The van der Waals surface area contributed by atoms with Gasteiger partial charge in [0, 0.05) is 31.6 Å². The molecule has 3 atom stereocenters. The molecule has 1 aliphatic rings. The zero-order valence-electron chi connectivity index (χ0n) is 22.7. The van der Waals surface area contributed by atoms with Crippen LogP contribution in [0.2, 0.25) is 0 Å². The minimum atomic E-state index is -4.49. The van der Waals surface area contributed by atoms with Crippen molar-refractivity contribution in [2.45, 2.75) is 56.8 Å². The summed E-state index contributed by atoms with van der Waals surface area (Å²) in [6, 6.07) is 9.96. The molecule has 0 spiro atoms. The fourth-order valence-corrected chi connectivity index (χ4v) is 5.42. The first-order valence-corrected chi connectivity index (χ1v) is 14.2. The SMILES string of the molecule is Cc1ccc(S(=O)(=O)N(C)C[C@H]2Oc3ccc(NC(=O)CCC(F)(F)F)cc3C(=O)N([C@H](C)CO)C[C@@H]2C)cc1. The molecule has 2 aromatic carbocycles. The quantitative estimate of drug-likeness (QED) is 0.463. The summed E-state index contributed by atoms with van der Waals surface area (Å²) < 4.78 is 71.3. The van der Waals surface area contributed by atoms with Crippen molar-refractivity contribution in [1.82, 2.24) is 9.21 Å². The molecule has 0 saturated carbocycles. The van der Waals surface area contributed by atoms with E-state index >= 15 is 0 Å². The highest BCUT2D eigenvalue weighted by Gasteiger charge is 2.35. The number of nitrogens with zero attached hydrogens (tertiary/aromatic N) is 2. The Hall–Kier alpha value is -3.16. The van der Waals surface area contributed by atoms with Gasteiger partial charge in [0.15, 0.2) is 0 Å². The standard InChI is InChI=1S/C27H34F3N3O6S/c1-17-5-8-21(9-6-17)40(37,38)32(4)15-24-18(2)14-33(19(3)16-34)26(36)22-13-20(7-10-23(22)39-24)31-25(35)11-12-27(28,29)30/h5-10,13,18-19,24,34H,11-12,14-16H2,1-4H3,(H,31,35)/t18-,19+,24+/m0/s1. The second-order valence-electron chi connectivity index (χ2n) is 10.1. The fraction of sp³-hybridized carbons (Fsp3) is 0.481. The van der Waals surface area contributed by atoms with Crippen molar-refractivity contribution in [3.63, 3.8) is 0 Å². The van der Waals surface area contributed by atoms with Crippen LogP contribution in [0.4, 0.5) is 18.9 Å². The molecule has 0 unspecified atom stereocenters. The molecule has 0 aliphatic carbocycles. The van der Waals surface area contributed by atoms with Gasteiger partial charge in [-0.2, -0.15) is 17.5 Å². The number of aliphatic hydroxyl groups excluding tert-OH is 1. The molecular formula is C27H34F3N3O6S. The number of benzene rings is 2.